The van der Waals surface area contributed by atoms with Crippen molar-refractivity contribution in [1.82, 2.24) is 30.7 Å². The van der Waals surface area contributed by atoms with Crippen molar-refractivity contribution in [3.05, 3.63) is 35.9 Å². The number of fused-ring (bicyclic) bond motifs is 1. The van der Waals surface area contributed by atoms with Crippen LogP contribution in [0.4, 0.5) is 0 Å². The van der Waals surface area contributed by atoms with Gasteiger partial charge in [0.15, 0.2) is 0 Å². The molecule has 3 saturated heterocycles. The molecule has 1 aromatic carbocycles. The highest BCUT2D eigenvalue weighted by Crippen LogP contribution is 2.47. The molecule has 3 heterocycles. The number of rotatable bonds is 6. The smallest absolute Gasteiger partial charge is 0.238 e. The first kappa shape index (κ1) is 42.1. The Labute approximate surface area is 322 Å². The second kappa shape index (κ2) is 17.7. The first-order valence-electron chi connectivity index (χ1n) is 18.8. The van der Waals surface area contributed by atoms with Crippen molar-refractivity contribution in [2.24, 2.45) is 5.92 Å². The molecule has 6 rings (SSSR count). The molecule has 5 fully saturated rings. The largest absolute Gasteiger partial charge is 0.350 e. The van der Waals surface area contributed by atoms with Gasteiger partial charge in [-0.05, 0) is 112 Å². The van der Waals surface area contributed by atoms with Gasteiger partial charge in [0.2, 0.25) is 17.7 Å². The molecule has 0 unspecified atom stereocenters. The van der Waals surface area contributed by atoms with Crippen molar-refractivity contribution >= 4 is 52.5 Å². The van der Waals surface area contributed by atoms with E-state index in [4.69, 9.17) is 34.8 Å². The molecule has 6 atom stereocenters. The van der Waals surface area contributed by atoms with Gasteiger partial charge in [-0.1, -0.05) is 43.2 Å². The summed E-state index contributed by atoms with van der Waals surface area (Å²) in [5, 5.41) is 9.81. The molecule has 1 aromatic rings. The van der Waals surface area contributed by atoms with Crippen LogP contribution in [0.2, 0.25) is 0 Å². The van der Waals surface area contributed by atoms with Crippen LogP contribution >= 0.6 is 34.8 Å². The van der Waals surface area contributed by atoms with Crippen molar-refractivity contribution in [1.29, 1.82) is 0 Å². The van der Waals surface area contributed by atoms with Gasteiger partial charge in [0.25, 0.3) is 0 Å². The minimum Gasteiger partial charge on any atom is -0.350 e. The second-order valence-electron chi connectivity index (χ2n) is 17.2. The Balaban J connectivity index is 0.000000174. The zero-order valence-electron chi connectivity index (χ0n) is 32.1. The predicted octanol–water partition coefficient (Wildman–Crippen LogP) is 5.70. The Morgan fingerprint density at radius 3 is 1.47 bits per heavy atom. The maximum Gasteiger partial charge on any atom is 0.238 e. The summed E-state index contributed by atoms with van der Waals surface area (Å²) >= 11 is 18.3. The summed E-state index contributed by atoms with van der Waals surface area (Å²) in [5.41, 5.74) is 0.709. The van der Waals surface area contributed by atoms with Gasteiger partial charge >= 0.3 is 0 Å². The number of halogens is 3. The van der Waals surface area contributed by atoms with Crippen molar-refractivity contribution in [3.63, 3.8) is 0 Å². The van der Waals surface area contributed by atoms with Crippen LogP contribution in [0.1, 0.15) is 98.0 Å². The van der Waals surface area contributed by atoms with Gasteiger partial charge in [-0.2, -0.15) is 0 Å². The second-order valence-corrected chi connectivity index (χ2v) is 19.1. The maximum atomic E-state index is 12.5. The van der Waals surface area contributed by atoms with E-state index in [1.165, 1.54) is 38.5 Å². The molecule has 0 radical (unpaired) electrons. The lowest BCUT2D eigenvalue weighted by Gasteiger charge is -2.33. The number of carbonyl (C=O) groups is 3. The lowest BCUT2D eigenvalue weighted by molar-refractivity contribution is -0.128. The highest BCUT2D eigenvalue weighted by molar-refractivity contribution is 6.21. The van der Waals surface area contributed by atoms with E-state index in [9.17, 15) is 14.4 Å². The van der Waals surface area contributed by atoms with Crippen molar-refractivity contribution in [2.75, 3.05) is 40.8 Å². The van der Waals surface area contributed by atoms with Gasteiger partial charge in [-0.15, -0.1) is 34.8 Å². The first-order chi connectivity index (χ1) is 23.8. The van der Waals surface area contributed by atoms with Gasteiger partial charge < -0.3 is 16.0 Å². The molecular formula is C39H63Cl3N6O3. The van der Waals surface area contributed by atoms with E-state index < -0.39 is 0 Å². The fraction of sp³-hybridized carbons (Fsp3) is 0.769. The van der Waals surface area contributed by atoms with Crippen LogP contribution in [0.25, 0.3) is 0 Å². The number of nitrogens with one attached hydrogen (secondary N) is 3. The molecule has 2 aliphatic carbocycles. The SMILES string of the molecule is CN1C[C@@H](Cl)C[C@H]1C(=O)NC(C)(C)C.CN1C[C@@H](Cl)C[C@H]1C(=O)NC(C)(C)c1ccccc1.CN1C[C@@H](Cl)C[C@H]1C(=O)NC12CCCC1CCC2. The highest BCUT2D eigenvalue weighted by Gasteiger charge is 2.48. The number of likely N-dealkylation sites (tertiary alicyclic amines) is 3. The van der Waals surface area contributed by atoms with Crippen LogP contribution < -0.4 is 16.0 Å². The lowest BCUT2D eigenvalue weighted by atomic mass is 9.90. The molecule has 3 N–H and O–H groups in total. The van der Waals surface area contributed by atoms with E-state index >= 15 is 0 Å². The van der Waals surface area contributed by atoms with Crippen molar-refractivity contribution < 1.29 is 14.4 Å². The van der Waals surface area contributed by atoms with Crippen LogP contribution in [0.3, 0.4) is 0 Å². The fourth-order valence-electron chi connectivity index (χ4n) is 8.62. The standard InChI is InChI=1S/C15H21ClN2O.C14H23ClN2O.C10H19ClN2O/c1-15(2,11-7-5-4-6-8-11)17-14(19)13-9-12(16)10-18(13)3;1-17-9-11(15)8-12(17)13(18)16-14-6-2-4-10(14)5-3-7-14;1-10(2,3)12-9(14)8-5-7(11)6-13(8)4/h4-8,12-13H,9-10H2,1-3H3,(H,17,19);10-12H,2-9H2,1H3,(H,16,18);7-8H,5-6H2,1-4H3,(H,12,14)/t12-,13-;10?,11-,12-,14?;7-,8-/m000/s1. The van der Waals surface area contributed by atoms with E-state index in [1.54, 1.807) is 0 Å². The first-order valence-corrected chi connectivity index (χ1v) is 20.2. The summed E-state index contributed by atoms with van der Waals surface area (Å²) in [7, 11) is 5.89. The third-order valence-electron chi connectivity index (χ3n) is 11.3. The minimum atomic E-state index is -0.371. The predicted molar refractivity (Wildman–Crippen MR) is 210 cm³/mol. The van der Waals surface area contributed by atoms with Crippen molar-refractivity contribution in [2.45, 2.75) is 143 Å². The Kier molecular flexibility index (Phi) is 14.6. The number of alkyl halides is 3. The molecule has 3 aliphatic heterocycles. The van der Waals surface area contributed by atoms with E-state index in [-0.39, 0.29) is 68.6 Å². The van der Waals surface area contributed by atoms with Gasteiger partial charge in [-0.3, -0.25) is 29.1 Å². The summed E-state index contributed by atoms with van der Waals surface area (Å²) in [4.78, 5) is 42.8. The molecule has 3 amide bonds. The van der Waals surface area contributed by atoms with Crippen LogP contribution in [0.5, 0.6) is 0 Å². The fourth-order valence-corrected chi connectivity index (χ4v) is 9.78. The highest BCUT2D eigenvalue weighted by atomic mass is 35.5. The number of amides is 3. The zero-order chi connectivity index (χ0) is 37.7. The molecule has 0 bridgehead atoms. The normalized spacial score (nSPS) is 32.7. The molecule has 288 valence electrons. The molecule has 5 aliphatic rings. The van der Waals surface area contributed by atoms with E-state index in [0.29, 0.717) is 0 Å². The van der Waals surface area contributed by atoms with Crippen LogP contribution in [0, 0.1) is 5.92 Å². The number of benzene rings is 1. The van der Waals surface area contributed by atoms with E-state index in [1.807, 2.05) is 95.9 Å². The molecule has 0 aromatic heterocycles. The molecule has 2 saturated carbocycles. The van der Waals surface area contributed by atoms with Gasteiger partial charge in [0, 0.05) is 46.8 Å². The van der Waals surface area contributed by atoms with Crippen molar-refractivity contribution in [3.8, 4) is 0 Å². The van der Waals surface area contributed by atoms with Gasteiger partial charge in [-0.25, -0.2) is 0 Å². The maximum absolute atomic E-state index is 12.5. The monoisotopic (exact) mass is 768 g/mol. The lowest BCUT2D eigenvalue weighted by Crippen LogP contribution is -2.53. The average Bonchev–Trinajstić information content (AvgIpc) is 3.83. The summed E-state index contributed by atoms with van der Waals surface area (Å²) in [6.45, 7) is 12.4. The summed E-state index contributed by atoms with van der Waals surface area (Å²) < 4.78 is 0. The Morgan fingerprint density at radius 1 is 0.667 bits per heavy atom. The Hall–Kier alpha value is -1.62. The zero-order valence-corrected chi connectivity index (χ0v) is 34.4. The van der Waals surface area contributed by atoms with E-state index in [0.717, 1.165) is 50.4 Å². The molecule has 0 spiro atoms. The molecule has 12 heteroatoms. The summed E-state index contributed by atoms with van der Waals surface area (Å²) in [5.74, 6) is 1.09. The van der Waals surface area contributed by atoms with Gasteiger partial charge in [0.05, 0.1) is 23.7 Å². The third-order valence-corrected chi connectivity index (χ3v) is 12.3. The number of likely N-dealkylation sites (N-methyl/N-ethyl adjacent to an activating group) is 3. The number of carbonyl (C=O) groups excluding carboxylic acids is 3. The number of nitrogens with zero attached hydrogens (tertiary/aromatic N) is 3. The Morgan fingerprint density at radius 2 is 1.08 bits per heavy atom. The van der Waals surface area contributed by atoms with Gasteiger partial charge in [0.1, 0.15) is 0 Å². The van der Waals surface area contributed by atoms with Crippen LogP contribution in [-0.4, -0.2) is 119 Å². The molecular weight excluding hydrogens is 707 g/mol. The topological polar surface area (TPSA) is 97.0 Å². The summed E-state index contributed by atoms with van der Waals surface area (Å²) in [6, 6.07) is 9.82. The number of hydrogen-bond donors (Lipinski definition) is 3. The quantitative estimate of drug-likeness (QED) is 0.322. The minimum absolute atomic E-state index is 0.0104. The van der Waals surface area contributed by atoms with Crippen LogP contribution in [-0.2, 0) is 19.9 Å². The summed E-state index contributed by atoms with van der Waals surface area (Å²) in [6.07, 6.45) is 9.80. The third kappa shape index (κ3) is 11.4. The average molecular weight is 770 g/mol. The molecule has 9 nitrogen and oxygen atoms in total. The Bertz CT molecular complexity index is 1320. The number of hydrogen-bond acceptors (Lipinski definition) is 6. The van der Waals surface area contributed by atoms with Crippen LogP contribution in [0.15, 0.2) is 30.3 Å². The van der Waals surface area contributed by atoms with E-state index in [2.05, 4.69) is 20.9 Å². The molecule has 51 heavy (non-hydrogen) atoms.